The lowest BCUT2D eigenvalue weighted by molar-refractivity contribution is -0.150. The molecule has 1 aliphatic rings. The molecule has 0 aromatic rings. The lowest BCUT2D eigenvalue weighted by Crippen LogP contribution is -2.56. The summed E-state index contributed by atoms with van der Waals surface area (Å²) in [5, 5.41) is 13.3. The fourth-order valence-electron chi connectivity index (χ4n) is 8.07. The molecular weight excluding hydrogens is 661 g/mol. The van der Waals surface area contributed by atoms with Gasteiger partial charge in [0, 0.05) is 31.8 Å². The molecule has 0 aliphatic carbocycles. The van der Waals surface area contributed by atoms with Crippen molar-refractivity contribution in [2.45, 2.75) is 232 Å². The smallest absolute Gasteiger partial charge is 0.308 e. The Morgan fingerprint density at radius 1 is 0.528 bits per heavy atom. The summed E-state index contributed by atoms with van der Waals surface area (Å²) < 4.78 is 11.7. The SMILES string of the molecule is CCCCCCC(CCCCCC)C(=O)OCCCCCC1CN(CCCCO)CC(CCCCCOC(=O)C(CCCCCC)CCCCCC)N1. The molecule has 2 atom stereocenters. The van der Waals surface area contributed by atoms with Gasteiger partial charge >= 0.3 is 11.9 Å². The second kappa shape index (κ2) is 36.5. The van der Waals surface area contributed by atoms with Crippen molar-refractivity contribution in [3.05, 3.63) is 0 Å². The van der Waals surface area contributed by atoms with Crippen LogP contribution < -0.4 is 5.32 Å². The molecule has 7 heteroatoms. The van der Waals surface area contributed by atoms with Crippen LogP contribution in [0, 0.1) is 11.8 Å². The van der Waals surface area contributed by atoms with Crippen LogP contribution in [0.15, 0.2) is 0 Å². The quantitative estimate of drug-likeness (QED) is 0.0480. The summed E-state index contributed by atoms with van der Waals surface area (Å²) in [7, 11) is 0. The summed E-state index contributed by atoms with van der Waals surface area (Å²) in [5.74, 6) is 0.264. The number of carbonyl (C=O) groups is 2. The van der Waals surface area contributed by atoms with Gasteiger partial charge < -0.3 is 24.8 Å². The number of esters is 2. The van der Waals surface area contributed by atoms with Gasteiger partial charge in [0.05, 0.1) is 25.0 Å². The van der Waals surface area contributed by atoms with E-state index in [9.17, 15) is 14.7 Å². The first-order valence-electron chi connectivity index (χ1n) is 23.4. The maximum atomic E-state index is 13.0. The van der Waals surface area contributed by atoms with Crippen LogP contribution in [0.4, 0.5) is 0 Å². The molecule has 0 aromatic heterocycles. The van der Waals surface area contributed by atoms with Crippen LogP contribution in [0.3, 0.4) is 0 Å². The number of unbranched alkanes of at least 4 members (excludes halogenated alkanes) is 17. The standard InChI is InChI=1S/C46H90N2O5/c1-5-9-13-19-29-41(30-20-14-10-6-2)45(50)52-37-27-17-23-33-43-39-48(35-25-26-36-49)40-44(47-43)34-24-18-28-38-53-46(51)42(31-21-15-11-7-3)32-22-16-12-8-4/h41-44,47,49H,5-40H2,1-4H3. The number of carbonyl (C=O) groups excluding carboxylic acids is 2. The van der Waals surface area contributed by atoms with E-state index in [1.54, 1.807) is 0 Å². The van der Waals surface area contributed by atoms with Crippen molar-refractivity contribution in [3.63, 3.8) is 0 Å². The third kappa shape index (κ3) is 28.0. The number of rotatable bonds is 38. The normalized spacial score (nSPS) is 16.5. The Morgan fingerprint density at radius 3 is 1.26 bits per heavy atom. The first kappa shape index (κ1) is 49.8. The first-order chi connectivity index (χ1) is 26.0. The summed E-state index contributed by atoms with van der Waals surface area (Å²) in [6.07, 6.45) is 33.9. The van der Waals surface area contributed by atoms with Gasteiger partial charge in [0.15, 0.2) is 0 Å². The number of hydrogen-bond acceptors (Lipinski definition) is 7. The van der Waals surface area contributed by atoms with Gasteiger partial charge in [0.25, 0.3) is 0 Å². The molecule has 0 amide bonds. The van der Waals surface area contributed by atoms with Crippen LogP contribution in [0.1, 0.15) is 220 Å². The third-order valence-electron chi connectivity index (χ3n) is 11.5. The average molecular weight is 751 g/mol. The summed E-state index contributed by atoms with van der Waals surface area (Å²) in [6, 6.07) is 0.960. The molecule has 314 valence electrons. The van der Waals surface area contributed by atoms with Crippen LogP contribution in [0.25, 0.3) is 0 Å². The van der Waals surface area contributed by atoms with Crippen LogP contribution >= 0.6 is 0 Å². The van der Waals surface area contributed by atoms with Crippen molar-refractivity contribution in [3.8, 4) is 0 Å². The van der Waals surface area contributed by atoms with Gasteiger partial charge in [-0.3, -0.25) is 9.59 Å². The van der Waals surface area contributed by atoms with E-state index in [1.807, 2.05) is 0 Å². The predicted octanol–water partition coefficient (Wildman–Crippen LogP) is 11.7. The van der Waals surface area contributed by atoms with E-state index in [2.05, 4.69) is 37.9 Å². The molecule has 1 aliphatic heterocycles. The van der Waals surface area contributed by atoms with Gasteiger partial charge in [-0.2, -0.15) is 0 Å². The number of hydrogen-bond donors (Lipinski definition) is 2. The molecule has 0 bridgehead atoms. The second-order valence-corrected chi connectivity index (χ2v) is 16.6. The third-order valence-corrected chi connectivity index (χ3v) is 11.5. The molecule has 1 rings (SSSR count). The molecule has 53 heavy (non-hydrogen) atoms. The van der Waals surface area contributed by atoms with Crippen LogP contribution in [-0.2, 0) is 19.1 Å². The molecule has 1 saturated heterocycles. The van der Waals surface area contributed by atoms with E-state index in [0.717, 1.165) is 135 Å². The van der Waals surface area contributed by atoms with Gasteiger partial charge in [-0.1, -0.05) is 156 Å². The molecule has 2 N–H and O–H groups in total. The van der Waals surface area contributed by atoms with Gasteiger partial charge in [0.2, 0.25) is 0 Å². The van der Waals surface area contributed by atoms with E-state index >= 15 is 0 Å². The fraction of sp³-hybridized carbons (Fsp3) is 0.957. The highest BCUT2D eigenvalue weighted by Gasteiger charge is 2.26. The van der Waals surface area contributed by atoms with E-state index in [4.69, 9.17) is 9.47 Å². The van der Waals surface area contributed by atoms with Gasteiger partial charge in [-0.15, -0.1) is 0 Å². The second-order valence-electron chi connectivity index (χ2n) is 16.6. The van der Waals surface area contributed by atoms with E-state index in [-0.39, 0.29) is 30.4 Å². The van der Waals surface area contributed by atoms with Crippen molar-refractivity contribution in [2.24, 2.45) is 11.8 Å². The molecule has 0 radical (unpaired) electrons. The molecular formula is C46H90N2O5. The topological polar surface area (TPSA) is 88.1 Å². The molecule has 2 unspecified atom stereocenters. The molecule has 0 saturated carbocycles. The van der Waals surface area contributed by atoms with Gasteiger partial charge in [-0.05, 0) is 70.8 Å². The first-order valence-corrected chi connectivity index (χ1v) is 23.4. The Balaban J connectivity index is 2.42. The van der Waals surface area contributed by atoms with Crippen molar-refractivity contribution < 1.29 is 24.2 Å². The predicted molar refractivity (Wildman–Crippen MR) is 224 cm³/mol. The number of piperazine rings is 1. The summed E-state index contributed by atoms with van der Waals surface area (Å²) >= 11 is 0. The number of aliphatic hydroxyl groups is 1. The highest BCUT2D eigenvalue weighted by molar-refractivity contribution is 5.72. The zero-order valence-corrected chi connectivity index (χ0v) is 35.8. The minimum atomic E-state index is 0.0475. The number of nitrogens with zero attached hydrogens (tertiary/aromatic N) is 1. The Kier molecular flexibility index (Phi) is 34.3. The average Bonchev–Trinajstić information content (AvgIpc) is 3.16. The van der Waals surface area contributed by atoms with Crippen LogP contribution in [0.5, 0.6) is 0 Å². The Hall–Kier alpha value is -1.18. The zero-order valence-electron chi connectivity index (χ0n) is 35.8. The Bertz CT molecular complexity index is 742. The Morgan fingerprint density at radius 2 is 0.906 bits per heavy atom. The molecule has 0 spiro atoms. The highest BCUT2D eigenvalue weighted by atomic mass is 16.5. The highest BCUT2D eigenvalue weighted by Crippen LogP contribution is 2.22. The molecule has 0 aromatic carbocycles. The summed E-state index contributed by atoms with van der Waals surface area (Å²) in [5.41, 5.74) is 0. The lowest BCUT2D eigenvalue weighted by atomic mass is 9.94. The van der Waals surface area contributed by atoms with Crippen LogP contribution in [-0.4, -0.2) is 73.5 Å². The monoisotopic (exact) mass is 751 g/mol. The minimum absolute atomic E-state index is 0.0475. The van der Waals surface area contributed by atoms with Gasteiger partial charge in [0.1, 0.15) is 0 Å². The van der Waals surface area contributed by atoms with Crippen molar-refractivity contribution in [2.75, 3.05) is 39.5 Å². The molecule has 1 heterocycles. The fourth-order valence-corrected chi connectivity index (χ4v) is 8.07. The van der Waals surface area contributed by atoms with E-state index < -0.39 is 0 Å². The number of aliphatic hydroxyl groups excluding tert-OH is 1. The maximum Gasteiger partial charge on any atom is 0.308 e. The zero-order chi connectivity index (χ0) is 38.6. The lowest BCUT2D eigenvalue weighted by Gasteiger charge is -2.39. The molecule has 1 fully saturated rings. The Labute approximate surface area is 329 Å². The molecule has 7 nitrogen and oxygen atoms in total. The van der Waals surface area contributed by atoms with Gasteiger partial charge in [-0.25, -0.2) is 0 Å². The van der Waals surface area contributed by atoms with Crippen molar-refractivity contribution in [1.82, 2.24) is 10.2 Å². The van der Waals surface area contributed by atoms with Crippen LogP contribution in [0.2, 0.25) is 0 Å². The van der Waals surface area contributed by atoms with E-state index in [1.165, 1.54) is 77.0 Å². The maximum absolute atomic E-state index is 13.0. The number of nitrogens with one attached hydrogen (secondary N) is 1. The minimum Gasteiger partial charge on any atom is -0.465 e. The van der Waals surface area contributed by atoms with Crippen molar-refractivity contribution >= 4 is 11.9 Å². The summed E-state index contributed by atoms with van der Waals surface area (Å²) in [4.78, 5) is 28.5. The number of ether oxygens (including phenoxy) is 2. The van der Waals surface area contributed by atoms with E-state index in [0.29, 0.717) is 25.3 Å². The largest absolute Gasteiger partial charge is 0.465 e. The summed E-state index contributed by atoms with van der Waals surface area (Å²) in [6.45, 7) is 13.5. The van der Waals surface area contributed by atoms with Crippen molar-refractivity contribution in [1.29, 1.82) is 0 Å².